The smallest absolute Gasteiger partial charge is 0.0999 e. The Morgan fingerprint density at radius 2 is 2.35 bits per heavy atom. The fourth-order valence-corrected chi connectivity index (χ4v) is 2.42. The zero-order chi connectivity index (χ0) is 11.8. The molecule has 3 heterocycles. The molecule has 5 nitrogen and oxygen atoms in total. The third kappa shape index (κ3) is 1.67. The molecule has 0 aromatic carbocycles. The van der Waals surface area contributed by atoms with Gasteiger partial charge in [-0.25, -0.2) is 4.98 Å². The maximum absolute atomic E-state index is 4.49. The van der Waals surface area contributed by atoms with Crippen molar-refractivity contribution in [2.24, 2.45) is 7.05 Å². The van der Waals surface area contributed by atoms with Gasteiger partial charge in [0.2, 0.25) is 0 Å². The average molecular weight is 231 g/mol. The topological polar surface area (TPSA) is 47.7 Å². The molecule has 90 valence electrons. The number of nitrogens with zero attached hydrogens (tertiary/aromatic N) is 4. The van der Waals surface area contributed by atoms with Gasteiger partial charge in [0.15, 0.2) is 0 Å². The molecule has 1 aliphatic rings. The summed E-state index contributed by atoms with van der Waals surface area (Å²) >= 11 is 0. The first-order valence-corrected chi connectivity index (χ1v) is 6.08. The summed E-state index contributed by atoms with van der Waals surface area (Å²) in [6.45, 7) is 4.04. The highest BCUT2D eigenvalue weighted by molar-refractivity contribution is 5.38. The highest BCUT2D eigenvalue weighted by Gasteiger charge is 2.18. The number of hydrogen-bond acceptors (Lipinski definition) is 3. The summed E-state index contributed by atoms with van der Waals surface area (Å²) in [7, 11) is 1.97. The number of rotatable bonds is 2. The van der Waals surface area contributed by atoms with Crippen LogP contribution in [0.2, 0.25) is 0 Å². The number of aryl methyl sites for hydroxylation is 2. The van der Waals surface area contributed by atoms with Crippen molar-refractivity contribution in [1.29, 1.82) is 0 Å². The molecule has 0 unspecified atom stereocenters. The molecule has 17 heavy (non-hydrogen) atoms. The van der Waals surface area contributed by atoms with Crippen LogP contribution in [-0.4, -0.2) is 25.9 Å². The minimum atomic E-state index is 0.879. The van der Waals surface area contributed by atoms with Crippen molar-refractivity contribution in [3.8, 4) is 5.69 Å². The Morgan fingerprint density at radius 1 is 1.47 bits per heavy atom. The lowest BCUT2D eigenvalue weighted by Crippen LogP contribution is -2.24. The van der Waals surface area contributed by atoms with Crippen LogP contribution >= 0.6 is 0 Å². The van der Waals surface area contributed by atoms with E-state index in [-0.39, 0.29) is 0 Å². The van der Waals surface area contributed by atoms with E-state index in [0.29, 0.717) is 0 Å². The second-order valence-electron chi connectivity index (χ2n) is 4.42. The van der Waals surface area contributed by atoms with Crippen LogP contribution in [0.4, 0.5) is 0 Å². The Morgan fingerprint density at radius 3 is 3.18 bits per heavy atom. The molecule has 0 fully saturated rings. The van der Waals surface area contributed by atoms with Crippen molar-refractivity contribution in [2.45, 2.75) is 26.3 Å². The minimum Gasteiger partial charge on any atom is -0.311 e. The molecule has 2 aromatic heterocycles. The molecule has 0 aliphatic carbocycles. The van der Waals surface area contributed by atoms with E-state index in [0.717, 1.165) is 31.6 Å². The Labute approximate surface area is 100 Å². The van der Waals surface area contributed by atoms with Crippen molar-refractivity contribution in [3.05, 3.63) is 29.6 Å². The lowest BCUT2D eigenvalue weighted by atomic mass is 10.1. The Balaban J connectivity index is 2.11. The second kappa shape index (κ2) is 4.00. The van der Waals surface area contributed by atoms with Crippen LogP contribution in [0.15, 0.2) is 12.5 Å². The van der Waals surface area contributed by atoms with Crippen molar-refractivity contribution in [1.82, 2.24) is 24.6 Å². The van der Waals surface area contributed by atoms with Crippen LogP contribution in [0, 0.1) is 0 Å². The summed E-state index contributed by atoms with van der Waals surface area (Å²) in [5.74, 6) is 0. The van der Waals surface area contributed by atoms with Crippen LogP contribution in [0.1, 0.15) is 24.0 Å². The van der Waals surface area contributed by atoms with Gasteiger partial charge in [0.1, 0.15) is 0 Å². The first-order valence-electron chi connectivity index (χ1n) is 6.08. The quantitative estimate of drug-likeness (QED) is 0.832. The summed E-state index contributed by atoms with van der Waals surface area (Å²) in [5.41, 5.74) is 4.80. The van der Waals surface area contributed by atoms with Gasteiger partial charge in [0, 0.05) is 38.4 Å². The predicted molar refractivity (Wildman–Crippen MR) is 65.1 cm³/mol. The fourth-order valence-electron chi connectivity index (χ4n) is 2.42. The molecule has 0 saturated heterocycles. The summed E-state index contributed by atoms with van der Waals surface area (Å²) in [6, 6.07) is 0. The third-order valence-electron chi connectivity index (χ3n) is 3.26. The number of aromatic nitrogens is 4. The van der Waals surface area contributed by atoms with Crippen molar-refractivity contribution in [2.75, 3.05) is 6.54 Å². The first-order chi connectivity index (χ1) is 8.29. The van der Waals surface area contributed by atoms with E-state index in [9.17, 15) is 0 Å². The standard InChI is InChI=1S/C12H17N5/c1-3-9-12(7-16(2)15-9)17-8-14-10-6-13-5-4-11(10)17/h7-8,13H,3-6H2,1-2H3. The summed E-state index contributed by atoms with van der Waals surface area (Å²) < 4.78 is 4.07. The molecule has 0 spiro atoms. The SMILES string of the molecule is CCc1nn(C)cc1-n1cnc2c1CCNC2. The van der Waals surface area contributed by atoms with Gasteiger partial charge >= 0.3 is 0 Å². The summed E-state index contributed by atoms with van der Waals surface area (Å²) in [4.78, 5) is 4.48. The number of nitrogens with one attached hydrogen (secondary N) is 1. The van der Waals surface area contributed by atoms with Crippen molar-refractivity contribution >= 4 is 0 Å². The minimum absolute atomic E-state index is 0.879. The molecule has 2 aromatic rings. The average Bonchev–Trinajstić information content (AvgIpc) is 2.91. The van der Waals surface area contributed by atoms with E-state index in [4.69, 9.17) is 0 Å². The van der Waals surface area contributed by atoms with Gasteiger partial charge in [-0.1, -0.05) is 6.92 Å². The van der Waals surface area contributed by atoms with E-state index < -0.39 is 0 Å². The first kappa shape index (κ1) is 10.5. The monoisotopic (exact) mass is 231 g/mol. The van der Waals surface area contributed by atoms with E-state index >= 15 is 0 Å². The molecule has 1 aliphatic heterocycles. The molecular weight excluding hydrogens is 214 g/mol. The Bertz CT molecular complexity index is 537. The van der Waals surface area contributed by atoms with E-state index in [2.05, 4.69) is 33.1 Å². The lowest BCUT2D eigenvalue weighted by molar-refractivity contribution is 0.619. The summed E-state index contributed by atoms with van der Waals surface area (Å²) in [6.07, 6.45) is 5.98. The maximum Gasteiger partial charge on any atom is 0.0999 e. The second-order valence-corrected chi connectivity index (χ2v) is 4.42. The van der Waals surface area contributed by atoms with E-state index in [1.807, 2.05) is 18.1 Å². The highest BCUT2D eigenvalue weighted by atomic mass is 15.3. The van der Waals surface area contributed by atoms with Gasteiger partial charge in [0.25, 0.3) is 0 Å². The van der Waals surface area contributed by atoms with E-state index in [1.165, 1.54) is 17.1 Å². The van der Waals surface area contributed by atoms with Gasteiger partial charge in [0.05, 0.1) is 23.4 Å². The normalized spacial score (nSPS) is 14.9. The number of imidazole rings is 1. The lowest BCUT2D eigenvalue weighted by Gasteiger charge is -2.14. The molecule has 0 amide bonds. The van der Waals surface area contributed by atoms with Crippen LogP contribution in [-0.2, 0) is 26.4 Å². The van der Waals surface area contributed by atoms with Gasteiger partial charge in [-0.15, -0.1) is 0 Å². The molecule has 0 bridgehead atoms. The van der Waals surface area contributed by atoms with Crippen LogP contribution in [0.25, 0.3) is 5.69 Å². The molecule has 0 saturated carbocycles. The summed E-state index contributed by atoms with van der Waals surface area (Å²) in [5, 5.41) is 7.83. The van der Waals surface area contributed by atoms with Gasteiger partial charge in [-0.3, -0.25) is 9.25 Å². The van der Waals surface area contributed by atoms with Crippen molar-refractivity contribution in [3.63, 3.8) is 0 Å². The predicted octanol–water partition coefficient (Wildman–Crippen LogP) is 0.814. The molecule has 3 rings (SSSR count). The van der Waals surface area contributed by atoms with Crippen LogP contribution in [0.3, 0.4) is 0 Å². The number of fused-ring (bicyclic) bond motifs is 1. The zero-order valence-electron chi connectivity index (χ0n) is 10.3. The molecule has 0 atom stereocenters. The van der Waals surface area contributed by atoms with Crippen LogP contribution < -0.4 is 5.32 Å². The van der Waals surface area contributed by atoms with Gasteiger partial charge in [-0.2, -0.15) is 5.10 Å². The van der Waals surface area contributed by atoms with Gasteiger partial charge in [-0.05, 0) is 6.42 Å². The molecular formula is C12H17N5. The zero-order valence-corrected chi connectivity index (χ0v) is 10.3. The van der Waals surface area contributed by atoms with Crippen molar-refractivity contribution < 1.29 is 0 Å². The highest BCUT2D eigenvalue weighted by Crippen LogP contribution is 2.20. The fraction of sp³-hybridized carbons (Fsp3) is 0.500. The third-order valence-corrected chi connectivity index (χ3v) is 3.26. The molecule has 0 radical (unpaired) electrons. The largest absolute Gasteiger partial charge is 0.311 e. The Hall–Kier alpha value is -1.62. The maximum atomic E-state index is 4.49. The molecule has 5 heteroatoms. The Kier molecular flexibility index (Phi) is 2.48. The van der Waals surface area contributed by atoms with Crippen LogP contribution in [0.5, 0.6) is 0 Å². The van der Waals surface area contributed by atoms with Gasteiger partial charge < -0.3 is 5.32 Å². The molecule has 1 N–H and O–H groups in total. The number of hydrogen-bond donors (Lipinski definition) is 1. The van der Waals surface area contributed by atoms with E-state index in [1.54, 1.807) is 0 Å².